The summed E-state index contributed by atoms with van der Waals surface area (Å²) in [6, 6.07) is 12.1. The minimum Gasteiger partial charge on any atom is -0.343 e. The summed E-state index contributed by atoms with van der Waals surface area (Å²) >= 11 is 3.39. The van der Waals surface area contributed by atoms with E-state index in [1.807, 2.05) is 29.6 Å². The fraction of sp³-hybridized carbons (Fsp3) is 0.333. The van der Waals surface area contributed by atoms with Gasteiger partial charge in [0, 0.05) is 15.7 Å². The van der Waals surface area contributed by atoms with E-state index >= 15 is 0 Å². The summed E-state index contributed by atoms with van der Waals surface area (Å²) in [5.41, 5.74) is 1.47. The van der Waals surface area contributed by atoms with E-state index in [1.165, 1.54) is 12.1 Å². The van der Waals surface area contributed by atoms with Crippen LogP contribution in [0.3, 0.4) is 0 Å². The molecule has 0 atom stereocenters. The third-order valence-corrected chi connectivity index (χ3v) is 5.76. The van der Waals surface area contributed by atoms with Crippen molar-refractivity contribution in [2.75, 3.05) is 11.9 Å². The highest BCUT2D eigenvalue weighted by atomic mass is 79.9. The zero-order chi connectivity index (χ0) is 21.2. The minimum atomic E-state index is -4.49. The fourth-order valence-corrected chi connectivity index (χ4v) is 3.63. The summed E-state index contributed by atoms with van der Waals surface area (Å²) in [4.78, 5) is 25.2. The van der Waals surface area contributed by atoms with Gasteiger partial charge in [-0.25, -0.2) is 0 Å². The van der Waals surface area contributed by atoms with E-state index in [0.29, 0.717) is 18.5 Å². The maximum atomic E-state index is 13.1. The number of hydrogen-bond donors (Lipinski definition) is 2. The average molecular weight is 469 g/mol. The van der Waals surface area contributed by atoms with Crippen LogP contribution in [0.2, 0.25) is 0 Å². The molecule has 1 fully saturated rings. The monoisotopic (exact) mass is 468 g/mol. The predicted molar refractivity (Wildman–Crippen MR) is 108 cm³/mol. The average Bonchev–Trinajstić information content (AvgIpc) is 2.61. The lowest BCUT2D eigenvalue weighted by Gasteiger charge is -2.41. The summed E-state index contributed by atoms with van der Waals surface area (Å²) in [6.45, 7) is 0.355. The Labute approximate surface area is 175 Å². The lowest BCUT2D eigenvalue weighted by Crippen LogP contribution is -2.46. The Kier molecular flexibility index (Phi) is 6.03. The molecule has 0 unspecified atom stereocenters. The number of nitrogens with one attached hydrogen (secondary N) is 2. The Morgan fingerprint density at radius 1 is 1.10 bits per heavy atom. The van der Waals surface area contributed by atoms with Crippen LogP contribution in [-0.2, 0) is 10.2 Å². The van der Waals surface area contributed by atoms with Gasteiger partial charge in [0.1, 0.15) is 6.54 Å². The van der Waals surface area contributed by atoms with E-state index < -0.39 is 24.0 Å². The van der Waals surface area contributed by atoms with Crippen molar-refractivity contribution >= 4 is 33.4 Å². The molecule has 2 aromatic carbocycles. The van der Waals surface area contributed by atoms with Gasteiger partial charge in [-0.3, -0.25) is 9.59 Å². The summed E-state index contributed by atoms with van der Waals surface area (Å²) in [6.07, 6.45) is -2.13. The number of rotatable bonds is 5. The number of carbonyl (C=O) groups excluding carboxylic acids is 2. The highest BCUT2D eigenvalue weighted by Crippen LogP contribution is 2.45. The first-order valence-electron chi connectivity index (χ1n) is 9.14. The molecule has 2 amide bonds. The molecule has 0 spiro atoms. The number of anilines is 1. The highest BCUT2D eigenvalue weighted by Gasteiger charge is 2.45. The van der Waals surface area contributed by atoms with E-state index in [-0.39, 0.29) is 11.5 Å². The second kappa shape index (κ2) is 8.18. The Morgan fingerprint density at radius 3 is 2.31 bits per heavy atom. The first-order chi connectivity index (χ1) is 13.6. The molecule has 3 rings (SSSR count). The van der Waals surface area contributed by atoms with Gasteiger partial charge in [-0.15, -0.1) is 0 Å². The molecule has 2 N–H and O–H groups in total. The van der Waals surface area contributed by atoms with Crippen molar-refractivity contribution in [3.63, 3.8) is 0 Å². The molecule has 0 saturated heterocycles. The zero-order valence-electron chi connectivity index (χ0n) is 15.7. The summed E-state index contributed by atoms with van der Waals surface area (Å²) in [5, 5.41) is 4.72. The van der Waals surface area contributed by atoms with Crippen molar-refractivity contribution in [2.45, 2.75) is 37.8 Å². The molecule has 1 aliphatic carbocycles. The van der Waals surface area contributed by atoms with Gasteiger partial charge in [0.25, 0.3) is 5.91 Å². The van der Waals surface area contributed by atoms with E-state index in [2.05, 4.69) is 21.2 Å². The summed E-state index contributed by atoms with van der Waals surface area (Å²) in [7, 11) is 0. The second-order valence-corrected chi connectivity index (χ2v) is 8.14. The van der Waals surface area contributed by atoms with Gasteiger partial charge in [0.2, 0.25) is 5.91 Å². The standard InChI is InChI=1S/C21H20BrF3N2O2/c1-13-3-4-14(18(28)26-12-21(23,24)25)11-17(13)27-19(29)20(9-2-10-20)15-5-7-16(22)8-6-15/h3-8,11H,2,9-10,12H2,1H3,(H,26,28)(H,27,29). The first kappa shape index (κ1) is 21.4. The van der Waals surface area contributed by atoms with Crippen molar-refractivity contribution in [1.29, 1.82) is 0 Å². The highest BCUT2D eigenvalue weighted by molar-refractivity contribution is 9.10. The molecule has 29 heavy (non-hydrogen) atoms. The molecule has 0 aliphatic heterocycles. The molecule has 1 aliphatic rings. The van der Waals surface area contributed by atoms with Gasteiger partial charge in [-0.1, -0.05) is 40.5 Å². The van der Waals surface area contributed by atoms with E-state index in [0.717, 1.165) is 22.0 Å². The number of carbonyl (C=O) groups is 2. The van der Waals surface area contributed by atoms with Crippen LogP contribution in [0.25, 0.3) is 0 Å². The van der Waals surface area contributed by atoms with Crippen LogP contribution >= 0.6 is 15.9 Å². The molecule has 0 bridgehead atoms. The normalized spacial score (nSPS) is 15.3. The van der Waals surface area contributed by atoms with Crippen molar-refractivity contribution < 1.29 is 22.8 Å². The molecule has 2 aromatic rings. The van der Waals surface area contributed by atoms with Crippen LogP contribution in [0.15, 0.2) is 46.9 Å². The van der Waals surface area contributed by atoms with E-state index in [9.17, 15) is 22.8 Å². The van der Waals surface area contributed by atoms with Crippen LogP contribution in [0.4, 0.5) is 18.9 Å². The van der Waals surface area contributed by atoms with Gasteiger partial charge in [0.15, 0.2) is 0 Å². The largest absolute Gasteiger partial charge is 0.405 e. The maximum absolute atomic E-state index is 13.1. The van der Waals surface area contributed by atoms with E-state index in [4.69, 9.17) is 0 Å². The van der Waals surface area contributed by atoms with Crippen LogP contribution in [0, 0.1) is 6.92 Å². The zero-order valence-corrected chi connectivity index (χ0v) is 17.3. The number of hydrogen-bond acceptors (Lipinski definition) is 2. The quantitative estimate of drug-likeness (QED) is 0.640. The Morgan fingerprint density at radius 2 is 1.76 bits per heavy atom. The van der Waals surface area contributed by atoms with Crippen LogP contribution in [0.1, 0.15) is 40.7 Å². The molecule has 154 valence electrons. The van der Waals surface area contributed by atoms with Gasteiger partial charge in [-0.05, 0) is 55.2 Å². The molecule has 0 radical (unpaired) electrons. The molecule has 0 aromatic heterocycles. The fourth-order valence-electron chi connectivity index (χ4n) is 3.37. The van der Waals surface area contributed by atoms with Crippen molar-refractivity contribution in [3.8, 4) is 0 Å². The molecule has 1 saturated carbocycles. The third kappa shape index (κ3) is 4.80. The Bertz CT molecular complexity index is 923. The van der Waals surface area contributed by atoms with Crippen LogP contribution in [-0.4, -0.2) is 24.5 Å². The van der Waals surface area contributed by atoms with Crippen molar-refractivity contribution in [1.82, 2.24) is 5.32 Å². The molecule has 0 heterocycles. The molecule has 8 heteroatoms. The predicted octanol–water partition coefficient (Wildman–Crippen LogP) is 5.11. The third-order valence-electron chi connectivity index (χ3n) is 5.24. The SMILES string of the molecule is Cc1ccc(C(=O)NCC(F)(F)F)cc1NC(=O)C1(c2ccc(Br)cc2)CCC1. The van der Waals surface area contributed by atoms with Crippen LogP contribution in [0.5, 0.6) is 0 Å². The smallest absolute Gasteiger partial charge is 0.343 e. The summed E-state index contributed by atoms with van der Waals surface area (Å²) < 4.78 is 37.9. The number of alkyl halides is 3. The second-order valence-electron chi connectivity index (χ2n) is 7.22. The Balaban J connectivity index is 1.79. The molecule has 4 nitrogen and oxygen atoms in total. The summed E-state index contributed by atoms with van der Waals surface area (Å²) in [5.74, 6) is -1.02. The number of halogens is 4. The van der Waals surface area contributed by atoms with Gasteiger partial charge >= 0.3 is 6.18 Å². The lowest BCUT2D eigenvalue weighted by atomic mass is 9.64. The van der Waals surface area contributed by atoms with Crippen molar-refractivity contribution in [2.24, 2.45) is 0 Å². The first-order valence-corrected chi connectivity index (χ1v) is 9.93. The number of aryl methyl sites for hydroxylation is 1. The minimum absolute atomic E-state index is 0.0569. The Hall–Kier alpha value is -2.35. The van der Waals surface area contributed by atoms with Gasteiger partial charge in [-0.2, -0.15) is 13.2 Å². The molecular weight excluding hydrogens is 449 g/mol. The maximum Gasteiger partial charge on any atom is 0.405 e. The molecular formula is C21H20BrF3N2O2. The van der Waals surface area contributed by atoms with Crippen LogP contribution < -0.4 is 10.6 Å². The lowest BCUT2D eigenvalue weighted by molar-refractivity contribution is -0.124. The topological polar surface area (TPSA) is 58.2 Å². The van der Waals surface area contributed by atoms with Gasteiger partial charge < -0.3 is 10.6 Å². The van der Waals surface area contributed by atoms with Gasteiger partial charge in [0.05, 0.1) is 5.41 Å². The van der Waals surface area contributed by atoms with E-state index in [1.54, 1.807) is 13.0 Å². The number of amides is 2. The van der Waals surface area contributed by atoms with Crippen molar-refractivity contribution in [3.05, 3.63) is 63.6 Å². The number of benzene rings is 2.